The summed E-state index contributed by atoms with van der Waals surface area (Å²) in [5, 5.41) is 2.75. The Kier molecular flexibility index (Phi) is 7.51. The number of carbonyl (C=O) groups excluding carboxylic acids is 1. The molecule has 1 aromatic carbocycles. The molecular formula is C19H30N4O5S2. The van der Waals surface area contributed by atoms with Crippen LogP contribution in [0, 0.1) is 0 Å². The molecule has 2 aliphatic heterocycles. The lowest BCUT2D eigenvalue weighted by Gasteiger charge is -2.36. The van der Waals surface area contributed by atoms with Gasteiger partial charge in [-0.2, -0.15) is 17.0 Å². The quantitative estimate of drug-likeness (QED) is 0.675. The molecule has 0 saturated carbocycles. The van der Waals surface area contributed by atoms with Gasteiger partial charge in [-0.1, -0.05) is 12.8 Å². The van der Waals surface area contributed by atoms with Gasteiger partial charge in [-0.15, -0.1) is 0 Å². The lowest BCUT2D eigenvalue weighted by Crippen LogP contribution is -2.54. The average molecular weight is 459 g/mol. The zero-order valence-corrected chi connectivity index (χ0v) is 18.9. The van der Waals surface area contributed by atoms with Gasteiger partial charge >= 0.3 is 0 Å². The van der Waals surface area contributed by atoms with Gasteiger partial charge in [0.15, 0.2) is 9.84 Å². The summed E-state index contributed by atoms with van der Waals surface area (Å²) in [5.41, 5.74) is 0.523. The molecule has 0 radical (unpaired) electrons. The summed E-state index contributed by atoms with van der Waals surface area (Å²) in [7, 11) is -6.71. The minimum absolute atomic E-state index is 0.158. The molecule has 0 atom stereocenters. The Bertz CT molecular complexity index is 932. The first kappa shape index (κ1) is 23.1. The van der Waals surface area contributed by atoms with Crippen LogP contribution in [-0.4, -0.2) is 88.3 Å². The Morgan fingerprint density at radius 1 is 0.833 bits per heavy atom. The van der Waals surface area contributed by atoms with E-state index in [0.29, 0.717) is 45.0 Å². The van der Waals surface area contributed by atoms with Crippen molar-refractivity contribution in [3.63, 3.8) is 0 Å². The molecular weight excluding hydrogens is 428 g/mol. The van der Waals surface area contributed by atoms with Crippen LogP contribution < -0.4 is 5.32 Å². The molecule has 3 rings (SSSR count). The van der Waals surface area contributed by atoms with Crippen molar-refractivity contribution in [1.82, 2.24) is 13.5 Å². The maximum Gasteiger partial charge on any atom is 0.282 e. The Morgan fingerprint density at radius 2 is 1.37 bits per heavy atom. The Hall–Kier alpha value is -1.53. The van der Waals surface area contributed by atoms with Crippen molar-refractivity contribution in [2.24, 2.45) is 0 Å². The zero-order chi connectivity index (χ0) is 21.8. The number of sulfone groups is 1. The van der Waals surface area contributed by atoms with E-state index in [9.17, 15) is 21.6 Å². The van der Waals surface area contributed by atoms with E-state index < -0.39 is 20.0 Å². The predicted molar refractivity (Wildman–Crippen MR) is 115 cm³/mol. The van der Waals surface area contributed by atoms with E-state index in [4.69, 9.17) is 0 Å². The molecule has 0 unspecified atom stereocenters. The van der Waals surface area contributed by atoms with Gasteiger partial charge in [-0.25, -0.2) is 8.42 Å². The number of hydrogen-bond donors (Lipinski definition) is 1. The number of carbonyl (C=O) groups is 1. The van der Waals surface area contributed by atoms with Gasteiger partial charge in [0.1, 0.15) is 0 Å². The maximum absolute atomic E-state index is 12.9. The molecule has 1 N–H and O–H groups in total. The second-order valence-electron chi connectivity index (χ2n) is 7.84. The molecule has 11 heteroatoms. The Morgan fingerprint density at radius 3 is 1.90 bits per heavy atom. The SMILES string of the molecule is CS(=O)(=O)c1ccc(NC(=O)CN2CCN(S(=O)(=O)N3CCCCCC3)CC2)cc1. The summed E-state index contributed by atoms with van der Waals surface area (Å²) in [5.74, 6) is -0.217. The first-order chi connectivity index (χ1) is 14.2. The summed E-state index contributed by atoms with van der Waals surface area (Å²) in [4.78, 5) is 14.4. The Labute approximate surface area is 179 Å². The molecule has 1 amide bonds. The van der Waals surface area contributed by atoms with Crippen molar-refractivity contribution < 1.29 is 21.6 Å². The van der Waals surface area contributed by atoms with Crippen LogP contribution in [-0.2, 0) is 24.8 Å². The van der Waals surface area contributed by atoms with Crippen molar-refractivity contribution in [3.8, 4) is 0 Å². The van der Waals surface area contributed by atoms with E-state index in [-0.39, 0.29) is 17.3 Å². The van der Waals surface area contributed by atoms with Crippen LogP contribution in [0.4, 0.5) is 5.69 Å². The van der Waals surface area contributed by atoms with Crippen LogP contribution in [0.5, 0.6) is 0 Å². The van der Waals surface area contributed by atoms with E-state index in [1.54, 1.807) is 16.4 Å². The number of nitrogens with one attached hydrogen (secondary N) is 1. The second kappa shape index (κ2) is 9.73. The Balaban J connectivity index is 1.48. The fourth-order valence-electron chi connectivity index (χ4n) is 3.74. The summed E-state index contributed by atoms with van der Waals surface area (Å²) in [6.45, 7) is 3.06. The molecule has 30 heavy (non-hydrogen) atoms. The lowest BCUT2D eigenvalue weighted by molar-refractivity contribution is -0.117. The molecule has 9 nitrogen and oxygen atoms in total. The van der Waals surface area contributed by atoms with Crippen molar-refractivity contribution >= 4 is 31.6 Å². The number of piperazine rings is 1. The number of hydrogen-bond acceptors (Lipinski definition) is 6. The van der Waals surface area contributed by atoms with Crippen molar-refractivity contribution in [3.05, 3.63) is 24.3 Å². The number of anilines is 1. The average Bonchev–Trinajstić information content (AvgIpc) is 2.98. The van der Waals surface area contributed by atoms with E-state index in [1.165, 1.54) is 16.4 Å². The number of rotatable bonds is 6. The smallest absolute Gasteiger partial charge is 0.282 e. The number of nitrogens with zero attached hydrogens (tertiary/aromatic N) is 3. The second-order valence-corrected chi connectivity index (χ2v) is 11.8. The molecule has 2 heterocycles. The van der Waals surface area contributed by atoms with E-state index >= 15 is 0 Å². The van der Waals surface area contributed by atoms with Gasteiger partial charge in [0.25, 0.3) is 10.2 Å². The first-order valence-electron chi connectivity index (χ1n) is 10.2. The zero-order valence-electron chi connectivity index (χ0n) is 17.3. The summed E-state index contributed by atoms with van der Waals surface area (Å²) in [6, 6.07) is 6.02. The molecule has 0 bridgehead atoms. The summed E-state index contributed by atoms with van der Waals surface area (Å²) >= 11 is 0. The van der Waals surface area contributed by atoms with Crippen molar-refractivity contribution in [2.45, 2.75) is 30.6 Å². The largest absolute Gasteiger partial charge is 0.325 e. The third kappa shape index (κ3) is 6.01. The lowest BCUT2D eigenvalue weighted by atomic mass is 10.2. The molecule has 0 spiro atoms. The van der Waals surface area contributed by atoms with Crippen LogP contribution in [0.1, 0.15) is 25.7 Å². The van der Waals surface area contributed by atoms with Crippen LogP contribution in [0.15, 0.2) is 29.2 Å². The highest BCUT2D eigenvalue weighted by Gasteiger charge is 2.32. The first-order valence-corrected chi connectivity index (χ1v) is 13.5. The van der Waals surface area contributed by atoms with Crippen LogP contribution in [0.3, 0.4) is 0 Å². The molecule has 168 valence electrons. The number of amides is 1. The standard InChI is InChI=1S/C19H30N4O5S2/c1-29(25,26)18-8-6-17(7-9-18)20-19(24)16-21-12-14-23(15-13-21)30(27,28)22-10-4-2-3-5-11-22/h6-9H,2-5,10-16H2,1H3,(H,20,24). The molecule has 0 aliphatic carbocycles. The number of benzene rings is 1. The van der Waals surface area contributed by atoms with Gasteiger partial charge < -0.3 is 5.32 Å². The molecule has 2 fully saturated rings. The minimum Gasteiger partial charge on any atom is -0.325 e. The van der Waals surface area contributed by atoms with Gasteiger partial charge in [-0.3, -0.25) is 9.69 Å². The predicted octanol–water partition coefficient (Wildman–Crippen LogP) is 0.767. The van der Waals surface area contributed by atoms with Gasteiger partial charge in [0.05, 0.1) is 11.4 Å². The third-order valence-electron chi connectivity index (χ3n) is 5.48. The van der Waals surface area contributed by atoms with Crippen LogP contribution >= 0.6 is 0 Å². The van der Waals surface area contributed by atoms with Gasteiger partial charge in [0.2, 0.25) is 5.91 Å². The fraction of sp³-hybridized carbons (Fsp3) is 0.632. The highest BCUT2D eigenvalue weighted by Crippen LogP contribution is 2.18. The monoisotopic (exact) mass is 458 g/mol. The van der Waals surface area contributed by atoms with E-state index in [0.717, 1.165) is 31.9 Å². The highest BCUT2D eigenvalue weighted by molar-refractivity contribution is 7.90. The molecule has 2 saturated heterocycles. The normalized spacial score (nSPS) is 20.6. The van der Waals surface area contributed by atoms with E-state index in [2.05, 4.69) is 5.32 Å². The van der Waals surface area contributed by atoms with Crippen molar-refractivity contribution in [2.75, 3.05) is 57.4 Å². The molecule has 1 aromatic rings. The van der Waals surface area contributed by atoms with E-state index in [1.807, 2.05) is 4.90 Å². The highest BCUT2D eigenvalue weighted by atomic mass is 32.2. The molecule has 0 aromatic heterocycles. The van der Waals surface area contributed by atoms with Crippen LogP contribution in [0.2, 0.25) is 0 Å². The maximum atomic E-state index is 12.9. The van der Waals surface area contributed by atoms with Crippen LogP contribution in [0.25, 0.3) is 0 Å². The summed E-state index contributed by atoms with van der Waals surface area (Å²) < 4.78 is 51.9. The molecule has 2 aliphatic rings. The van der Waals surface area contributed by atoms with Crippen molar-refractivity contribution in [1.29, 1.82) is 0 Å². The topological polar surface area (TPSA) is 107 Å². The minimum atomic E-state index is -3.43. The van der Waals surface area contributed by atoms with Gasteiger partial charge in [-0.05, 0) is 37.1 Å². The third-order valence-corrected chi connectivity index (χ3v) is 8.65. The summed E-state index contributed by atoms with van der Waals surface area (Å²) in [6.07, 6.45) is 5.10. The fourth-order valence-corrected chi connectivity index (χ4v) is 6.04. The van der Waals surface area contributed by atoms with Gasteiger partial charge in [0, 0.05) is 51.2 Å².